The van der Waals surface area contributed by atoms with Crippen LogP contribution in [0.2, 0.25) is 0 Å². The molecule has 1 atom stereocenters. The zero-order valence-electron chi connectivity index (χ0n) is 13.3. The molecule has 0 aliphatic carbocycles. The fourth-order valence-corrected chi connectivity index (χ4v) is 2.89. The second-order valence-corrected chi connectivity index (χ2v) is 6.07. The van der Waals surface area contributed by atoms with Gasteiger partial charge in [0.1, 0.15) is 11.6 Å². The molecule has 2 aromatic rings. The van der Waals surface area contributed by atoms with Crippen LogP contribution in [0, 0.1) is 12.7 Å². The van der Waals surface area contributed by atoms with Crippen molar-refractivity contribution in [3.63, 3.8) is 0 Å². The van der Waals surface area contributed by atoms with E-state index in [2.05, 4.69) is 15.0 Å². The van der Waals surface area contributed by atoms with E-state index in [4.69, 9.17) is 4.52 Å². The van der Waals surface area contributed by atoms with Crippen LogP contribution in [-0.4, -0.2) is 52.8 Å². The molecule has 0 bridgehead atoms. The number of hydrogen-bond donors (Lipinski definition) is 1. The number of nitrogens with zero attached hydrogens (tertiary/aromatic N) is 3. The molecule has 1 N–H and O–H groups in total. The summed E-state index contributed by atoms with van der Waals surface area (Å²) in [5.74, 6) is 0.554. The van der Waals surface area contributed by atoms with Gasteiger partial charge < -0.3 is 9.63 Å². The van der Waals surface area contributed by atoms with Crippen molar-refractivity contribution in [3.05, 3.63) is 53.2 Å². The van der Waals surface area contributed by atoms with Crippen LogP contribution in [0.15, 0.2) is 34.9 Å². The normalized spacial score (nSPS) is 18.2. The Kier molecular flexibility index (Phi) is 5.05. The first kappa shape index (κ1) is 16.1. The van der Waals surface area contributed by atoms with Crippen LogP contribution in [0.5, 0.6) is 0 Å². The molecule has 1 unspecified atom stereocenters. The standard InChI is InChI=1S/C17H22FN3O2/c1-13-10-16(19-23-13)11-20-6-8-21(9-7-20)12-17(22)14-2-4-15(18)5-3-14/h2-5,10,17,22H,6-9,11-12H2,1H3. The molecule has 0 radical (unpaired) electrons. The minimum absolute atomic E-state index is 0.280. The van der Waals surface area contributed by atoms with Gasteiger partial charge >= 0.3 is 0 Å². The number of piperazine rings is 1. The van der Waals surface area contributed by atoms with Gasteiger partial charge in [0.2, 0.25) is 0 Å². The molecule has 1 fully saturated rings. The van der Waals surface area contributed by atoms with Crippen molar-refractivity contribution in [2.75, 3.05) is 32.7 Å². The van der Waals surface area contributed by atoms with Gasteiger partial charge in [-0.15, -0.1) is 0 Å². The molecule has 0 amide bonds. The highest BCUT2D eigenvalue weighted by Crippen LogP contribution is 2.16. The number of β-amino-alcohol motifs (C(OH)–C–C–N with tert-alkyl or cyclic N) is 1. The van der Waals surface area contributed by atoms with Gasteiger partial charge in [-0.3, -0.25) is 9.80 Å². The summed E-state index contributed by atoms with van der Waals surface area (Å²) in [5.41, 5.74) is 1.72. The molecule has 5 nitrogen and oxygen atoms in total. The Bertz CT molecular complexity index is 621. The smallest absolute Gasteiger partial charge is 0.133 e. The van der Waals surface area contributed by atoms with E-state index in [0.717, 1.165) is 49.7 Å². The Hall–Kier alpha value is -1.76. The maximum atomic E-state index is 12.9. The van der Waals surface area contributed by atoms with Crippen molar-refractivity contribution in [3.8, 4) is 0 Å². The molecule has 1 saturated heterocycles. The van der Waals surface area contributed by atoms with Crippen molar-refractivity contribution >= 4 is 0 Å². The summed E-state index contributed by atoms with van der Waals surface area (Å²) in [6, 6.07) is 8.02. The lowest BCUT2D eigenvalue weighted by Gasteiger charge is -2.35. The minimum Gasteiger partial charge on any atom is -0.387 e. The highest BCUT2D eigenvalue weighted by Gasteiger charge is 2.20. The van der Waals surface area contributed by atoms with Gasteiger partial charge in [0.25, 0.3) is 0 Å². The van der Waals surface area contributed by atoms with Crippen molar-refractivity contribution in [2.24, 2.45) is 0 Å². The summed E-state index contributed by atoms with van der Waals surface area (Å²) in [6.45, 7) is 6.92. The maximum absolute atomic E-state index is 12.9. The van der Waals surface area contributed by atoms with E-state index in [9.17, 15) is 9.50 Å². The summed E-state index contributed by atoms with van der Waals surface area (Å²) in [6.07, 6.45) is -0.583. The van der Waals surface area contributed by atoms with E-state index in [1.165, 1.54) is 12.1 Å². The zero-order valence-corrected chi connectivity index (χ0v) is 13.3. The molecule has 1 aromatic heterocycles. The zero-order chi connectivity index (χ0) is 16.2. The van der Waals surface area contributed by atoms with E-state index in [1.54, 1.807) is 12.1 Å². The molecule has 2 heterocycles. The number of aliphatic hydroxyl groups excluding tert-OH is 1. The van der Waals surface area contributed by atoms with Crippen LogP contribution in [-0.2, 0) is 6.54 Å². The fourth-order valence-electron chi connectivity index (χ4n) is 2.89. The van der Waals surface area contributed by atoms with Gasteiger partial charge in [0.05, 0.1) is 11.8 Å². The lowest BCUT2D eigenvalue weighted by molar-refractivity contribution is 0.0693. The number of aromatic nitrogens is 1. The minimum atomic E-state index is -0.583. The lowest BCUT2D eigenvalue weighted by atomic mass is 10.1. The highest BCUT2D eigenvalue weighted by molar-refractivity contribution is 5.18. The number of hydrogen-bond acceptors (Lipinski definition) is 5. The maximum Gasteiger partial charge on any atom is 0.133 e. The molecule has 6 heteroatoms. The Morgan fingerprint density at radius 3 is 2.43 bits per heavy atom. The Labute approximate surface area is 135 Å². The molecule has 0 saturated carbocycles. The summed E-state index contributed by atoms with van der Waals surface area (Å²) >= 11 is 0. The molecule has 1 aliphatic heterocycles. The summed E-state index contributed by atoms with van der Waals surface area (Å²) in [5, 5.41) is 14.3. The first-order valence-electron chi connectivity index (χ1n) is 7.90. The largest absolute Gasteiger partial charge is 0.387 e. The third kappa shape index (κ3) is 4.37. The quantitative estimate of drug-likeness (QED) is 0.913. The van der Waals surface area contributed by atoms with Crippen LogP contribution >= 0.6 is 0 Å². The average molecular weight is 319 g/mol. The van der Waals surface area contributed by atoms with Crippen LogP contribution in [0.3, 0.4) is 0 Å². The first-order chi connectivity index (χ1) is 11.1. The Morgan fingerprint density at radius 2 is 1.83 bits per heavy atom. The van der Waals surface area contributed by atoms with Gasteiger partial charge in [-0.2, -0.15) is 0 Å². The molecular weight excluding hydrogens is 297 g/mol. The topological polar surface area (TPSA) is 52.7 Å². The molecule has 0 spiro atoms. The number of aryl methyl sites for hydroxylation is 1. The third-order valence-electron chi connectivity index (χ3n) is 4.21. The summed E-state index contributed by atoms with van der Waals surface area (Å²) in [4.78, 5) is 4.57. The van der Waals surface area contributed by atoms with E-state index in [-0.39, 0.29) is 5.82 Å². The van der Waals surface area contributed by atoms with Gasteiger partial charge in [-0.25, -0.2) is 4.39 Å². The van der Waals surface area contributed by atoms with Gasteiger partial charge in [0.15, 0.2) is 0 Å². The van der Waals surface area contributed by atoms with Crippen molar-refractivity contribution in [1.29, 1.82) is 0 Å². The van der Waals surface area contributed by atoms with Crippen molar-refractivity contribution in [1.82, 2.24) is 15.0 Å². The second-order valence-electron chi connectivity index (χ2n) is 6.07. The van der Waals surface area contributed by atoms with Gasteiger partial charge in [0, 0.05) is 45.3 Å². The van der Waals surface area contributed by atoms with E-state index in [1.807, 2.05) is 13.0 Å². The van der Waals surface area contributed by atoms with Crippen LogP contribution in [0.4, 0.5) is 4.39 Å². The Morgan fingerprint density at radius 1 is 1.17 bits per heavy atom. The Balaban J connectivity index is 1.46. The molecule has 23 heavy (non-hydrogen) atoms. The molecule has 124 valence electrons. The third-order valence-corrected chi connectivity index (χ3v) is 4.21. The van der Waals surface area contributed by atoms with Crippen LogP contribution in [0.1, 0.15) is 23.1 Å². The van der Waals surface area contributed by atoms with Crippen molar-refractivity contribution in [2.45, 2.75) is 19.6 Å². The van der Waals surface area contributed by atoms with Gasteiger partial charge in [-0.05, 0) is 24.6 Å². The molecule has 1 aliphatic rings. The number of benzene rings is 1. The number of aliphatic hydroxyl groups is 1. The first-order valence-corrected chi connectivity index (χ1v) is 7.90. The van der Waals surface area contributed by atoms with Crippen molar-refractivity contribution < 1.29 is 14.0 Å². The summed E-state index contributed by atoms with van der Waals surface area (Å²) < 4.78 is 18.0. The fraction of sp³-hybridized carbons (Fsp3) is 0.471. The second kappa shape index (κ2) is 7.21. The number of rotatable bonds is 5. The van der Waals surface area contributed by atoms with E-state index >= 15 is 0 Å². The lowest BCUT2D eigenvalue weighted by Crippen LogP contribution is -2.47. The van der Waals surface area contributed by atoms with Crippen LogP contribution in [0.25, 0.3) is 0 Å². The molecule has 1 aromatic carbocycles. The average Bonchev–Trinajstić information content (AvgIpc) is 2.95. The highest BCUT2D eigenvalue weighted by atomic mass is 19.1. The van der Waals surface area contributed by atoms with E-state index in [0.29, 0.717) is 6.54 Å². The van der Waals surface area contributed by atoms with E-state index < -0.39 is 6.10 Å². The SMILES string of the molecule is Cc1cc(CN2CCN(CC(O)c3ccc(F)cc3)CC2)no1. The van der Waals surface area contributed by atoms with Gasteiger partial charge in [-0.1, -0.05) is 17.3 Å². The predicted molar refractivity (Wildman–Crippen MR) is 84.3 cm³/mol. The molecular formula is C17H22FN3O2. The monoisotopic (exact) mass is 319 g/mol. The predicted octanol–water partition coefficient (Wildman–Crippen LogP) is 1.97. The molecule has 3 rings (SSSR count). The summed E-state index contributed by atoms with van der Waals surface area (Å²) in [7, 11) is 0. The van der Waals surface area contributed by atoms with Crippen LogP contribution < -0.4 is 0 Å². The number of halogens is 1.